The van der Waals surface area contributed by atoms with Crippen molar-refractivity contribution in [2.75, 3.05) is 32.1 Å². The summed E-state index contributed by atoms with van der Waals surface area (Å²) in [5, 5.41) is 3.19. The molecule has 0 spiro atoms. The number of nitrogens with one attached hydrogen (secondary N) is 1. The average Bonchev–Trinajstić information content (AvgIpc) is 2.24. The normalized spacial score (nSPS) is 10.6. The predicted molar refractivity (Wildman–Crippen MR) is 72.6 cm³/mol. The van der Waals surface area contributed by atoms with Crippen LogP contribution in [0, 0.1) is 27.7 Å². The first-order valence-electron chi connectivity index (χ1n) is 5.92. The SMILES string of the molecule is CNCCN(C)c1c(C)c(C)cc(C)c1C. The number of rotatable bonds is 4. The largest absolute Gasteiger partial charge is 0.373 e. The van der Waals surface area contributed by atoms with Crippen molar-refractivity contribution in [2.45, 2.75) is 27.7 Å². The van der Waals surface area contributed by atoms with Gasteiger partial charge in [0.25, 0.3) is 0 Å². The molecule has 0 saturated carbocycles. The van der Waals surface area contributed by atoms with Crippen molar-refractivity contribution in [2.24, 2.45) is 0 Å². The molecule has 1 rings (SSSR count). The van der Waals surface area contributed by atoms with E-state index in [2.05, 4.69) is 51.0 Å². The molecule has 0 atom stereocenters. The molecule has 1 aromatic carbocycles. The van der Waals surface area contributed by atoms with E-state index in [0.717, 1.165) is 13.1 Å². The molecule has 1 aromatic rings. The predicted octanol–water partition coefficient (Wildman–Crippen LogP) is 2.58. The van der Waals surface area contributed by atoms with Crippen molar-refractivity contribution in [3.8, 4) is 0 Å². The molecule has 90 valence electrons. The van der Waals surface area contributed by atoms with Crippen molar-refractivity contribution < 1.29 is 0 Å². The summed E-state index contributed by atoms with van der Waals surface area (Å²) >= 11 is 0. The first-order chi connectivity index (χ1) is 7.49. The lowest BCUT2D eigenvalue weighted by Crippen LogP contribution is -2.28. The number of likely N-dealkylation sites (N-methyl/N-ethyl adjacent to an activating group) is 2. The fourth-order valence-electron chi connectivity index (χ4n) is 2.16. The summed E-state index contributed by atoms with van der Waals surface area (Å²) in [5.74, 6) is 0. The molecule has 0 aliphatic heterocycles. The van der Waals surface area contributed by atoms with Gasteiger partial charge in [-0.3, -0.25) is 0 Å². The molecule has 0 radical (unpaired) electrons. The Bertz CT molecular complexity index is 343. The van der Waals surface area contributed by atoms with Gasteiger partial charge in [-0.2, -0.15) is 0 Å². The van der Waals surface area contributed by atoms with Crippen molar-refractivity contribution in [1.82, 2.24) is 5.32 Å². The van der Waals surface area contributed by atoms with Gasteiger partial charge in [-0.1, -0.05) is 6.07 Å². The van der Waals surface area contributed by atoms with Gasteiger partial charge in [0.1, 0.15) is 0 Å². The highest BCUT2D eigenvalue weighted by molar-refractivity contribution is 5.63. The highest BCUT2D eigenvalue weighted by Gasteiger charge is 2.11. The summed E-state index contributed by atoms with van der Waals surface area (Å²) < 4.78 is 0. The Labute approximate surface area is 99.7 Å². The van der Waals surface area contributed by atoms with Crippen LogP contribution < -0.4 is 10.2 Å². The molecule has 0 aliphatic carbocycles. The minimum Gasteiger partial charge on any atom is -0.373 e. The lowest BCUT2D eigenvalue weighted by Gasteiger charge is -2.26. The van der Waals surface area contributed by atoms with Crippen LogP contribution in [0.25, 0.3) is 0 Å². The lowest BCUT2D eigenvalue weighted by molar-refractivity contribution is 0.764. The van der Waals surface area contributed by atoms with E-state index < -0.39 is 0 Å². The van der Waals surface area contributed by atoms with Crippen LogP contribution in [0.1, 0.15) is 22.3 Å². The van der Waals surface area contributed by atoms with Crippen LogP contribution in [-0.4, -0.2) is 27.2 Å². The third-order valence-electron chi connectivity index (χ3n) is 3.41. The van der Waals surface area contributed by atoms with E-state index in [1.54, 1.807) is 0 Å². The highest BCUT2D eigenvalue weighted by atomic mass is 15.1. The molecule has 2 heteroatoms. The average molecular weight is 220 g/mol. The molecule has 0 amide bonds. The zero-order valence-electron chi connectivity index (χ0n) is 11.4. The summed E-state index contributed by atoms with van der Waals surface area (Å²) in [4.78, 5) is 2.35. The molecular weight excluding hydrogens is 196 g/mol. The molecule has 16 heavy (non-hydrogen) atoms. The van der Waals surface area contributed by atoms with Crippen LogP contribution >= 0.6 is 0 Å². The van der Waals surface area contributed by atoms with Gasteiger partial charge in [0.05, 0.1) is 0 Å². The van der Waals surface area contributed by atoms with Gasteiger partial charge in [-0.15, -0.1) is 0 Å². The summed E-state index contributed by atoms with van der Waals surface area (Å²) in [7, 11) is 4.17. The Balaban J connectivity index is 3.11. The fraction of sp³-hybridized carbons (Fsp3) is 0.571. The number of hydrogen-bond donors (Lipinski definition) is 1. The second kappa shape index (κ2) is 5.35. The number of aryl methyl sites for hydroxylation is 2. The van der Waals surface area contributed by atoms with Crippen molar-refractivity contribution in [3.63, 3.8) is 0 Å². The third kappa shape index (κ3) is 2.56. The first kappa shape index (κ1) is 13.0. The maximum Gasteiger partial charge on any atom is 0.0428 e. The maximum absolute atomic E-state index is 3.19. The minimum absolute atomic E-state index is 1.02. The van der Waals surface area contributed by atoms with E-state index in [1.807, 2.05) is 7.05 Å². The molecule has 1 N–H and O–H groups in total. The van der Waals surface area contributed by atoms with Crippen molar-refractivity contribution in [3.05, 3.63) is 28.3 Å². The number of nitrogens with zero attached hydrogens (tertiary/aromatic N) is 1. The number of anilines is 1. The quantitative estimate of drug-likeness (QED) is 0.839. The van der Waals surface area contributed by atoms with Crippen molar-refractivity contribution >= 4 is 5.69 Å². The van der Waals surface area contributed by atoms with E-state index in [-0.39, 0.29) is 0 Å². The fourth-order valence-corrected chi connectivity index (χ4v) is 2.16. The number of benzene rings is 1. The van der Waals surface area contributed by atoms with Gasteiger partial charge in [0, 0.05) is 25.8 Å². The van der Waals surface area contributed by atoms with Gasteiger partial charge < -0.3 is 10.2 Å². The van der Waals surface area contributed by atoms with Gasteiger partial charge in [-0.05, 0) is 57.0 Å². The molecule has 0 saturated heterocycles. The maximum atomic E-state index is 3.19. The van der Waals surface area contributed by atoms with E-state index in [1.165, 1.54) is 27.9 Å². The molecule has 0 unspecified atom stereocenters. The Hall–Kier alpha value is -1.02. The first-order valence-corrected chi connectivity index (χ1v) is 5.92. The minimum atomic E-state index is 1.02. The van der Waals surface area contributed by atoms with E-state index in [4.69, 9.17) is 0 Å². The van der Waals surface area contributed by atoms with Gasteiger partial charge in [0.15, 0.2) is 0 Å². The Morgan fingerprint density at radius 3 is 2.00 bits per heavy atom. The molecular formula is C14H24N2. The Kier molecular flexibility index (Phi) is 4.36. The van der Waals surface area contributed by atoms with Crippen molar-refractivity contribution in [1.29, 1.82) is 0 Å². The van der Waals surface area contributed by atoms with Crippen LogP contribution in [0.2, 0.25) is 0 Å². The van der Waals surface area contributed by atoms with E-state index in [0.29, 0.717) is 0 Å². The van der Waals surface area contributed by atoms with Gasteiger partial charge in [-0.25, -0.2) is 0 Å². The molecule has 0 bridgehead atoms. The zero-order valence-corrected chi connectivity index (χ0v) is 11.4. The summed E-state index contributed by atoms with van der Waals surface area (Å²) in [6, 6.07) is 2.28. The van der Waals surface area contributed by atoms with Crippen LogP contribution in [0.5, 0.6) is 0 Å². The van der Waals surface area contributed by atoms with Gasteiger partial charge >= 0.3 is 0 Å². The lowest BCUT2D eigenvalue weighted by atomic mass is 9.98. The molecule has 0 aromatic heterocycles. The molecule has 0 aliphatic rings. The van der Waals surface area contributed by atoms with E-state index >= 15 is 0 Å². The van der Waals surface area contributed by atoms with Gasteiger partial charge in [0.2, 0.25) is 0 Å². The van der Waals surface area contributed by atoms with Crippen LogP contribution in [0.4, 0.5) is 5.69 Å². The Morgan fingerprint density at radius 1 is 1.06 bits per heavy atom. The standard InChI is InChI=1S/C14H24N2/c1-10-9-11(2)13(4)14(12(10)3)16(6)8-7-15-5/h9,15H,7-8H2,1-6H3. The zero-order chi connectivity index (χ0) is 12.3. The summed E-state index contributed by atoms with van der Waals surface area (Å²) in [5.41, 5.74) is 6.97. The van der Waals surface area contributed by atoms with Crippen LogP contribution in [0.3, 0.4) is 0 Å². The second-order valence-corrected chi connectivity index (χ2v) is 4.63. The topological polar surface area (TPSA) is 15.3 Å². The smallest absolute Gasteiger partial charge is 0.0428 e. The number of hydrogen-bond acceptors (Lipinski definition) is 2. The van der Waals surface area contributed by atoms with E-state index in [9.17, 15) is 0 Å². The highest BCUT2D eigenvalue weighted by Crippen LogP contribution is 2.28. The second-order valence-electron chi connectivity index (χ2n) is 4.63. The molecule has 2 nitrogen and oxygen atoms in total. The van der Waals surface area contributed by atoms with Crippen LogP contribution in [0.15, 0.2) is 6.07 Å². The Morgan fingerprint density at radius 2 is 1.56 bits per heavy atom. The van der Waals surface area contributed by atoms with Crippen LogP contribution in [-0.2, 0) is 0 Å². The monoisotopic (exact) mass is 220 g/mol. The molecule has 0 fully saturated rings. The summed E-state index contributed by atoms with van der Waals surface area (Å²) in [6.07, 6.45) is 0. The third-order valence-corrected chi connectivity index (χ3v) is 3.41. The molecule has 0 heterocycles. The summed E-state index contributed by atoms with van der Waals surface area (Å²) in [6.45, 7) is 10.9.